The van der Waals surface area contributed by atoms with Gasteiger partial charge >= 0.3 is 0 Å². The van der Waals surface area contributed by atoms with Crippen molar-refractivity contribution in [2.45, 2.75) is 44.7 Å². The summed E-state index contributed by atoms with van der Waals surface area (Å²) in [5, 5.41) is 3.74. The highest BCUT2D eigenvalue weighted by Crippen LogP contribution is 2.16. The van der Waals surface area contributed by atoms with E-state index in [1.54, 1.807) is 0 Å². The van der Waals surface area contributed by atoms with E-state index in [0.717, 1.165) is 52.5 Å². The fraction of sp³-hybridized carbons (Fsp3) is 1.00. The minimum absolute atomic E-state index is 0.219. The second-order valence-electron chi connectivity index (χ2n) is 6.03. The average molecular weight is 256 g/mol. The molecule has 0 radical (unpaired) electrons. The predicted molar refractivity (Wildman–Crippen MR) is 72.9 cm³/mol. The van der Waals surface area contributed by atoms with E-state index < -0.39 is 0 Å². The second kappa shape index (κ2) is 6.85. The molecule has 1 N–H and O–H groups in total. The summed E-state index contributed by atoms with van der Waals surface area (Å²) < 4.78 is 10.9. The lowest BCUT2D eigenvalue weighted by Crippen LogP contribution is -2.55. The van der Waals surface area contributed by atoms with E-state index in [1.807, 2.05) is 0 Å². The van der Waals surface area contributed by atoms with Crippen LogP contribution in [0.4, 0.5) is 0 Å². The lowest BCUT2D eigenvalue weighted by Gasteiger charge is -2.41. The van der Waals surface area contributed by atoms with Crippen molar-refractivity contribution in [2.24, 2.45) is 0 Å². The summed E-state index contributed by atoms with van der Waals surface area (Å²) >= 11 is 0. The fourth-order valence-electron chi connectivity index (χ4n) is 2.78. The third kappa shape index (κ3) is 4.19. The van der Waals surface area contributed by atoms with Crippen molar-refractivity contribution in [2.75, 3.05) is 46.1 Å². The number of hydrogen-bond acceptors (Lipinski definition) is 4. The van der Waals surface area contributed by atoms with Crippen LogP contribution in [0.25, 0.3) is 0 Å². The Balaban J connectivity index is 1.75. The molecule has 0 aliphatic carbocycles. The maximum Gasteiger partial charge on any atom is 0.0594 e. The lowest BCUT2D eigenvalue weighted by atomic mass is 10.0. The van der Waals surface area contributed by atoms with Gasteiger partial charge in [-0.2, -0.15) is 0 Å². The van der Waals surface area contributed by atoms with Gasteiger partial charge in [0.05, 0.1) is 13.2 Å². The molecular formula is C14H28N2O2. The van der Waals surface area contributed by atoms with Gasteiger partial charge < -0.3 is 14.8 Å². The van der Waals surface area contributed by atoms with Crippen molar-refractivity contribution in [3.63, 3.8) is 0 Å². The molecule has 2 aliphatic rings. The van der Waals surface area contributed by atoms with Gasteiger partial charge in [-0.15, -0.1) is 0 Å². The first-order valence-electron chi connectivity index (χ1n) is 7.32. The van der Waals surface area contributed by atoms with Gasteiger partial charge in [0, 0.05) is 44.4 Å². The number of rotatable bonds is 4. The second-order valence-corrected chi connectivity index (χ2v) is 6.03. The molecule has 1 unspecified atom stereocenters. The van der Waals surface area contributed by atoms with E-state index in [0.29, 0.717) is 6.04 Å². The van der Waals surface area contributed by atoms with Crippen molar-refractivity contribution < 1.29 is 9.47 Å². The fourth-order valence-corrected chi connectivity index (χ4v) is 2.78. The van der Waals surface area contributed by atoms with Crippen molar-refractivity contribution >= 4 is 0 Å². The number of nitrogens with one attached hydrogen (secondary N) is 1. The number of morpholine rings is 1. The summed E-state index contributed by atoms with van der Waals surface area (Å²) in [5.74, 6) is 0. The van der Waals surface area contributed by atoms with Crippen LogP contribution in [-0.2, 0) is 9.47 Å². The molecule has 0 amide bonds. The average Bonchev–Trinajstić information content (AvgIpc) is 2.66. The topological polar surface area (TPSA) is 33.7 Å². The van der Waals surface area contributed by atoms with E-state index in [4.69, 9.17) is 9.47 Å². The molecule has 2 saturated heterocycles. The van der Waals surface area contributed by atoms with Crippen molar-refractivity contribution in [1.82, 2.24) is 10.2 Å². The molecule has 0 aromatic carbocycles. The molecule has 2 aliphatic heterocycles. The molecule has 1 atom stereocenters. The Bertz CT molecular complexity index is 232. The zero-order valence-electron chi connectivity index (χ0n) is 11.9. The van der Waals surface area contributed by atoms with E-state index >= 15 is 0 Å². The van der Waals surface area contributed by atoms with Crippen LogP contribution >= 0.6 is 0 Å². The molecule has 106 valence electrons. The van der Waals surface area contributed by atoms with Crippen LogP contribution in [0.3, 0.4) is 0 Å². The van der Waals surface area contributed by atoms with E-state index in [9.17, 15) is 0 Å². The minimum atomic E-state index is 0.219. The van der Waals surface area contributed by atoms with Gasteiger partial charge in [-0.1, -0.05) is 0 Å². The smallest absolute Gasteiger partial charge is 0.0594 e. The highest BCUT2D eigenvalue weighted by molar-refractivity contribution is 4.86. The highest BCUT2D eigenvalue weighted by atomic mass is 16.5. The van der Waals surface area contributed by atoms with Crippen LogP contribution in [0.2, 0.25) is 0 Å². The summed E-state index contributed by atoms with van der Waals surface area (Å²) in [4.78, 5) is 2.54. The van der Waals surface area contributed by atoms with E-state index in [2.05, 4.69) is 24.1 Å². The molecule has 18 heavy (non-hydrogen) atoms. The first-order valence-corrected chi connectivity index (χ1v) is 7.32. The van der Waals surface area contributed by atoms with Crippen LogP contribution in [0.5, 0.6) is 0 Å². The van der Waals surface area contributed by atoms with Crippen LogP contribution in [-0.4, -0.2) is 62.5 Å². The van der Waals surface area contributed by atoms with E-state index in [-0.39, 0.29) is 5.54 Å². The van der Waals surface area contributed by atoms with Crippen molar-refractivity contribution in [3.8, 4) is 0 Å². The number of ether oxygens (including phenoxy) is 2. The molecule has 0 spiro atoms. The quantitative estimate of drug-likeness (QED) is 0.821. The van der Waals surface area contributed by atoms with Crippen molar-refractivity contribution in [1.29, 1.82) is 0 Å². The van der Waals surface area contributed by atoms with Crippen LogP contribution in [0.1, 0.15) is 33.1 Å². The Hall–Kier alpha value is -0.160. The van der Waals surface area contributed by atoms with Crippen LogP contribution in [0, 0.1) is 0 Å². The zero-order chi connectivity index (χ0) is 12.8. The lowest BCUT2D eigenvalue weighted by molar-refractivity contribution is -0.0105. The molecule has 0 saturated carbocycles. The molecule has 4 heteroatoms. The molecule has 4 nitrogen and oxygen atoms in total. The predicted octanol–water partition coefficient (Wildman–Crippen LogP) is 1.26. The Morgan fingerprint density at radius 2 is 1.78 bits per heavy atom. The monoisotopic (exact) mass is 256 g/mol. The molecule has 2 heterocycles. The molecule has 2 fully saturated rings. The Morgan fingerprint density at radius 1 is 1.06 bits per heavy atom. The number of nitrogens with zero attached hydrogens (tertiary/aromatic N) is 1. The first kappa shape index (κ1) is 14.3. The van der Waals surface area contributed by atoms with Crippen LogP contribution in [0.15, 0.2) is 0 Å². The van der Waals surface area contributed by atoms with Crippen molar-refractivity contribution in [3.05, 3.63) is 0 Å². The van der Waals surface area contributed by atoms with Gasteiger partial charge in [0.15, 0.2) is 0 Å². The molecule has 2 rings (SSSR count). The van der Waals surface area contributed by atoms with Gasteiger partial charge in [-0.3, -0.25) is 4.90 Å². The standard InChI is InChI=1S/C14H28N2O2/c1-14(2,16-6-10-18-11-7-16)12-15-13-4-3-8-17-9-5-13/h13,15H,3-12H2,1-2H3. The van der Waals surface area contributed by atoms with Gasteiger partial charge in [0.25, 0.3) is 0 Å². The number of hydrogen-bond donors (Lipinski definition) is 1. The molecule has 0 bridgehead atoms. The van der Waals surface area contributed by atoms with Gasteiger partial charge in [-0.05, 0) is 33.1 Å². The molecule has 0 aromatic heterocycles. The van der Waals surface area contributed by atoms with Gasteiger partial charge in [0.2, 0.25) is 0 Å². The Morgan fingerprint density at radius 3 is 2.56 bits per heavy atom. The summed E-state index contributed by atoms with van der Waals surface area (Å²) in [7, 11) is 0. The largest absolute Gasteiger partial charge is 0.381 e. The molecule has 0 aromatic rings. The summed E-state index contributed by atoms with van der Waals surface area (Å²) in [6.45, 7) is 11.4. The van der Waals surface area contributed by atoms with Gasteiger partial charge in [0.1, 0.15) is 0 Å². The highest BCUT2D eigenvalue weighted by Gasteiger charge is 2.28. The normalized spacial score (nSPS) is 28.0. The first-order chi connectivity index (χ1) is 8.68. The minimum Gasteiger partial charge on any atom is -0.381 e. The summed E-state index contributed by atoms with van der Waals surface area (Å²) in [6, 6.07) is 0.632. The van der Waals surface area contributed by atoms with Gasteiger partial charge in [-0.25, -0.2) is 0 Å². The Kier molecular flexibility index (Phi) is 5.42. The molecular weight excluding hydrogens is 228 g/mol. The SMILES string of the molecule is CC(C)(CNC1CCCOCC1)N1CCOCC1. The third-order valence-electron chi connectivity index (χ3n) is 4.14. The van der Waals surface area contributed by atoms with Crippen LogP contribution < -0.4 is 5.32 Å². The third-order valence-corrected chi connectivity index (χ3v) is 4.14. The van der Waals surface area contributed by atoms with E-state index in [1.165, 1.54) is 12.8 Å². The summed E-state index contributed by atoms with van der Waals surface area (Å²) in [5.41, 5.74) is 0.219. The Labute approximate surface area is 111 Å². The summed E-state index contributed by atoms with van der Waals surface area (Å²) in [6.07, 6.45) is 3.59. The maximum atomic E-state index is 5.51. The maximum absolute atomic E-state index is 5.51. The zero-order valence-corrected chi connectivity index (χ0v) is 11.9.